The molecule has 0 amide bonds. The quantitative estimate of drug-likeness (QED) is 0.619. The molecule has 0 aromatic carbocycles. The highest BCUT2D eigenvalue weighted by atomic mass is 79.9. The number of thiophene rings is 2. The predicted octanol–water partition coefficient (Wildman–Crippen LogP) is 5.00. The molecule has 2 unspecified atom stereocenters. The van der Waals surface area contributed by atoms with Crippen molar-refractivity contribution in [3.8, 4) is 0 Å². The zero-order chi connectivity index (χ0) is 13.6. The van der Waals surface area contributed by atoms with Gasteiger partial charge in [0.1, 0.15) is 10.5 Å². The van der Waals surface area contributed by atoms with Crippen LogP contribution in [-0.2, 0) is 9.59 Å². The SMILES string of the molecule is O=C1C(=O)C(c2ccc(Br)s2)SC1c1ccc(Br)s1. The van der Waals surface area contributed by atoms with E-state index in [-0.39, 0.29) is 22.1 Å². The zero-order valence-corrected chi connectivity index (χ0v) is 14.9. The molecule has 98 valence electrons. The Morgan fingerprint density at radius 1 is 0.789 bits per heavy atom. The standard InChI is InChI=1S/C12H6Br2O2S3/c13-7-3-1-5(17-7)11-9(15)10(16)12(19-11)6-2-4-8(14)18-6/h1-4,11-12H. The Bertz CT molecular complexity index is 605. The normalized spacial score (nSPS) is 23.3. The van der Waals surface area contributed by atoms with Gasteiger partial charge in [0.25, 0.3) is 0 Å². The van der Waals surface area contributed by atoms with E-state index in [1.165, 1.54) is 34.4 Å². The van der Waals surface area contributed by atoms with Gasteiger partial charge in [-0.15, -0.1) is 34.4 Å². The van der Waals surface area contributed by atoms with Crippen molar-refractivity contribution < 1.29 is 9.59 Å². The van der Waals surface area contributed by atoms with Crippen molar-refractivity contribution in [3.05, 3.63) is 41.6 Å². The fourth-order valence-electron chi connectivity index (χ4n) is 1.85. The molecule has 1 fully saturated rings. The summed E-state index contributed by atoms with van der Waals surface area (Å²) in [6.45, 7) is 0. The molecule has 19 heavy (non-hydrogen) atoms. The van der Waals surface area contributed by atoms with E-state index in [1.807, 2.05) is 24.3 Å². The number of halogens is 2. The van der Waals surface area contributed by atoms with Gasteiger partial charge in [0.05, 0.1) is 7.57 Å². The smallest absolute Gasteiger partial charge is 0.218 e. The molecule has 2 nitrogen and oxygen atoms in total. The number of ketones is 2. The second-order valence-corrected chi connectivity index (χ2v) is 10.1. The van der Waals surface area contributed by atoms with Crippen molar-refractivity contribution in [2.45, 2.75) is 10.5 Å². The van der Waals surface area contributed by atoms with E-state index in [1.54, 1.807) is 0 Å². The van der Waals surface area contributed by atoms with Crippen LogP contribution in [0.4, 0.5) is 0 Å². The third kappa shape index (κ3) is 2.63. The Hall–Kier alpha value is 0.0500. The Labute approximate surface area is 138 Å². The molecule has 1 aliphatic rings. The minimum absolute atomic E-state index is 0.283. The summed E-state index contributed by atoms with van der Waals surface area (Å²) in [7, 11) is 0. The molecule has 1 saturated heterocycles. The van der Waals surface area contributed by atoms with Crippen LogP contribution < -0.4 is 0 Å². The predicted molar refractivity (Wildman–Crippen MR) is 87.1 cm³/mol. The molecular formula is C12H6Br2O2S3. The van der Waals surface area contributed by atoms with Crippen molar-refractivity contribution in [1.82, 2.24) is 0 Å². The number of hydrogen-bond donors (Lipinski definition) is 0. The van der Waals surface area contributed by atoms with Gasteiger partial charge < -0.3 is 0 Å². The van der Waals surface area contributed by atoms with Gasteiger partial charge in [0.2, 0.25) is 11.6 Å². The van der Waals surface area contributed by atoms with Gasteiger partial charge in [-0.05, 0) is 56.1 Å². The van der Waals surface area contributed by atoms with E-state index in [0.29, 0.717) is 0 Å². The minimum atomic E-state index is -0.352. The summed E-state index contributed by atoms with van der Waals surface area (Å²) >= 11 is 11.2. The molecule has 3 rings (SSSR count). The molecule has 0 aliphatic carbocycles. The van der Waals surface area contributed by atoms with E-state index in [9.17, 15) is 9.59 Å². The first-order valence-electron chi connectivity index (χ1n) is 5.30. The molecule has 0 bridgehead atoms. The van der Waals surface area contributed by atoms with E-state index in [0.717, 1.165) is 17.3 Å². The van der Waals surface area contributed by atoms with Gasteiger partial charge in [0.15, 0.2) is 0 Å². The van der Waals surface area contributed by atoms with Crippen LogP contribution in [0.2, 0.25) is 0 Å². The van der Waals surface area contributed by atoms with Gasteiger partial charge >= 0.3 is 0 Å². The molecule has 2 aromatic rings. The number of carbonyl (C=O) groups is 2. The topological polar surface area (TPSA) is 34.1 Å². The Balaban J connectivity index is 1.91. The Morgan fingerprint density at radius 2 is 1.21 bits per heavy atom. The van der Waals surface area contributed by atoms with E-state index < -0.39 is 0 Å². The lowest BCUT2D eigenvalue weighted by atomic mass is 10.1. The summed E-state index contributed by atoms with van der Waals surface area (Å²) < 4.78 is 1.95. The average Bonchev–Trinajstić information content (AvgIpc) is 3.03. The lowest BCUT2D eigenvalue weighted by Crippen LogP contribution is -2.13. The Kier molecular flexibility index (Phi) is 4.01. The molecule has 2 atom stereocenters. The highest BCUT2D eigenvalue weighted by Crippen LogP contribution is 2.51. The summed E-state index contributed by atoms with van der Waals surface area (Å²) in [5.41, 5.74) is 0. The number of rotatable bonds is 2. The highest BCUT2D eigenvalue weighted by molar-refractivity contribution is 9.11. The Morgan fingerprint density at radius 3 is 1.53 bits per heavy atom. The van der Waals surface area contributed by atoms with Crippen LogP contribution in [-0.4, -0.2) is 11.6 Å². The molecule has 2 aromatic heterocycles. The van der Waals surface area contributed by atoms with Gasteiger partial charge in [-0.25, -0.2) is 0 Å². The van der Waals surface area contributed by atoms with E-state index in [2.05, 4.69) is 31.9 Å². The summed E-state index contributed by atoms with van der Waals surface area (Å²) in [5, 5.41) is -0.704. The van der Waals surface area contributed by atoms with Crippen LogP contribution in [0, 0.1) is 0 Å². The van der Waals surface area contributed by atoms with Crippen LogP contribution in [0.15, 0.2) is 31.8 Å². The van der Waals surface area contributed by atoms with Crippen LogP contribution in [0.25, 0.3) is 0 Å². The number of thioether (sulfide) groups is 1. The molecule has 1 aliphatic heterocycles. The third-order valence-electron chi connectivity index (χ3n) is 2.70. The monoisotopic (exact) mass is 436 g/mol. The summed E-state index contributed by atoms with van der Waals surface area (Å²) in [4.78, 5) is 26.1. The molecule has 0 spiro atoms. The molecule has 7 heteroatoms. The number of Topliss-reactive ketones (excluding diaryl/α,β-unsaturated/α-hetero) is 2. The molecule has 0 saturated carbocycles. The van der Waals surface area contributed by atoms with Crippen LogP contribution >= 0.6 is 66.3 Å². The van der Waals surface area contributed by atoms with Gasteiger partial charge in [0, 0.05) is 9.75 Å². The number of carbonyl (C=O) groups excluding carboxylic acids is 2. The van der Waals surface area contributed by atoms with Crippen LogP contribution in [0.1, 0.15) is 20.3 Å². The summed E-state index contributed by atoms with van der Waals surface area (Å²) in [6.07, 6.45) is 0. The van der Waals surface area contributed by atoms with Crippen LogP contribution in [0.5, 0.6) is 0 Å². The second kappa shape index (κ2) is 5.44. The highest BCUT2D eigenvalue weighted by Gasteiger charge is 2.44. The lowest BCUT2D eigenvalue weighted by Gasteiger charge is -2.05. The second-order valence-electron chi connectivity index (χ2n) is 3.91. The van der Waals surface area contributed by atoms with E-state index >= 15 is 0 Å². The first-order chi connectivity index (χ1) is 9.06. The maximum absolute atomic E-state index is 12.1. The number of hydrogen-bond acceptors (Lipinski definition) is 5. The lowest BCUT2D eigenvalue weighted by molar-refractivity contribution is -0.135. The summed E-state index contributed by atoms with van der Waals surface area (Å²) in [6, 6.07) is 7.63. The first-order valence-corrected chi connectivity index (χ1v) is 9.46. The van der Waals surface area contributed by atoms with Gasteiger partial charge in [-0.1, -0.05) is 0 Å². The van der Waals surface area contributed by atoms with Crippen molar-refractivity contribution in [2.75, 3.05) is 0 Å². The molecule has 3 heterocycles. The maximum Gasteiger partial charge on any atom is 0.218 e. The maximum atomic E-state index is 12.1. The average molecular weight is 438 g/mol. The van der Waals surface area contributed by atoms with Crippen molar-refractivity contribution in [3.63, 3.8) is 0 Å². The van der Waals surface area contributed by atoms with Gasteiger partial charge in [-0.2, -0.15) is 0 Å². The van der Waals surface area contributed by atoms with Gasteiger partial charge in [-0.3, -0.25) is 9.59 Å². The molecule has 0 N–H and O–H groups in total. The van der Waals surface area contributed by atoms with Crippen molar-refractivity contribution >= 4 is 77.9 Å². The largest absolute Gasteiger partial charge is 0.289 e. The van der Waals surface area contributed by atoms with Crippen molar-refractivity contribution in [2.24, 2.45) is 0 Å². The summed E-state index contributed by atoms with van der Waals surface area (Å²) in [5.74, 6) is -0.567. The van der Waals surface area contributed by atoms with Crippen LogP contribution in [0.3, 0.4) is 0 Å². The van der Waals surface area contributed by atoms with E-state index in [4.69, 9.17) is 0 Å². The fraction of sp³-hybridized carbons (Fsp3) is 0.167. The first kappa shape index (κ1) is 14.0. The minimum Gasteiger partial charge on any atom is -0.289 e. The molecular weight excluding hydrogens is 432 g/mol. The third-order valence-corrected chi connectivity index (χ3v) is 7.85. The molecule has 0 radical (unpaired) electrons. The van der Waals surface area contributed by atoms with Crippen molar-refractivity contribution in [1.29, 1.82) is 0 Å². The fourth-order valence-corrected chi connectivity index (χ4v) is 6.46. The zero-order valence-electron chi connectivity index (χ0n) is 9.26.